The Kier molecular flexibility index (Phi) is 4.61. The van der Waals surface area contributed by atoms with Gasteiger partial charge in [-0.05, 0) is 96.3 Å². The van der Waals surface area contributed by atoms with E-state index >= 15 is 0 Å². The highest BCUT2D eigenvalue weighted by Crippen LogP contribution is 2.53. The summed E-state index contributed by atoms with van der Waals surface area (Å²) in [5, 5.41) is 0. The van der Waals surface area contributed by atoms with Crippen LogP contribution in [0.1, 0.15) is 50.1 Å². The predicted octanol–water partition coefficient (Wildman–Crippen LogP) is 7.57. The minimum atomic E-state index is -4.43. The summed E-state index contributed by atoms with van der Waals surface area (Å²) < 4.78 is 45.6. The molecular weight excluding hydrogens is 443 g/mol. The number of halogens is 3. The van der Waals surface area contributed by atoms with Gasteiger partial charge in [-0.25, -0.2) is 4.57 Å². The zero-order valence-corrected chi connectivity index (χ0v) is 20.6. The fourth-order valence-corrected chi connectivity index (χ4v) is 6.20. The van der Waals surface area contributed by atoms with Crippen LogP contribution in [0.2, 0.25) is 0 Å². The summed E-state index contributed by atoms with van der Waals surface area (Å²) in [6.45, 7) is 8.30. The van der Waals surface area contributed by atoms with Gasteiger partial charge in [0.1, 0.15) is 7.05 Å². The summed E-state index contributed by atoms with van der Waals surface area (Å²) in [7, 11) is 1.99. The lowest BCUT2D eigenvalue weighted by molar-refractivity contribution is -0.660. The van der Waals surface area contributed by atoms with Crippen molar-refractivity contribution in [2.24, 2.45) is 7.05 Å². The number of fused-ring (bicyclic) bond motifs is 7. The maximum Gasteiger partial charge on any atom is 0.417 e. The molecule has 1 heterocycles. The molecule has 2 aliphatic rings. The van der Waals surface area contributed by atoms with Gasteiger partial charge in [-0.3, -0.25) is 0 Å². The number of pyridine rings is 1. The van der Waals surface area contributed by atoms with E-state index < -0.39 is 11.7 Å². The second-order valence-electron chi connectivity index (χ2n) is 10.2. The van der Waals surface area contributed by atoms with Gasteiger partial charge in [0, 0.05) is 23.6 Å². The molecule has 0 radical (unpaired) electrons. The van der Waals surface area contributed by atoms with Gasteiger partial charge in [-0.15, -0.1) is 0 Å². The number of aromatic nitrogens is 1. The molecule has 6 rings (SSSR count). The lowest BCUT2D eigenvalue weighted by Gasteiger charge is -2.17. The van der Waals surface area contributed by atoms with Gasteiger partial charge < -0.3 is 0 Å². The second-order valence-corrected chi connectivity index (χ2v) is 10.2. The molecule has 0 unspecified atom stereocenters. The van der Waals surface area contributed by atoms with E-state index in [1.54, 1.807) is 0 Å². The van der Waals surface area contributed by atoms with Crippen molar-refractivity contribution >= 4 is 0 Å². The minimum absolute atomic E-state index is 0.375. The van der Waals surface area contributed by atoms with Crippen molar-refractivity contribution in [2.45, 2.75) is 46.7 Å². The monoisotopic (exact) mass is 470 g/mol. The first kappa shape index (κ1) is 22.1. The second kappa shape index (κ2) is 7.30. The third-order valence-electron chi connectivity index (χ3n) is 7.89. The van der Waals surface area contributed by atoms with E-state index in [0.717, 1.165) is 55.8 Å². The Morgan fingerprint density at radius 2 is 1.49 bits per heavy atom. The van der Waals surface area contributed by atoms with Crippen molar-refractivity contribution in [3.63, 3.8) is 0 Å². The third kappa shape index (κ3) is 3.19. The Labute approximate surface area is 203 Å². The molecule has 2 aliphatic carbocycles. The topological polar surface area (TPSA) is 3.88 Å². The zero-order valence-electron chi connectivity index (χ0n) is 20.6. The molecule has 4 aromatic rings. The van der Waals surface area contributed by atoms with Crippen LogP contribution in [0.4, 0.5) is 13.2 Å². The molecule has 0 aliphatic heterocycles. The maximum absolute atomic E-state index is 14.5. The molecule has 176 valence electrons. The van der Waals surface area contributed by atoms with Crippen LogP contribution in [0.15, 0.2) is 48.7 Å². The molecule has 1 nitrogen and oxygen atoms in total. The van der Waals surface area contributed by atoms with E-state index in [4.69, 9.17) is 0 Å². The van der Waals surface area contributed by atoms with Gasteiger partial charge in [-0.1, -0.05) is 35.4 Å². The van der Waals surface area contributed by atoms with Crippen molar-refractivity contribution < 1.29 is 17.7 Å². The summed E-state index contributed by atoms with van der Waals surface area (Å²) in [5.74, 6) is 0. The van der Waals surface area contributed by atoms with E-state index in [1.807, 2.05) is 38.4 Å². The molecule has 3 aromatic carbocycles. The molecule has 0 N–H and O–H groups in total. The standard InChI is InChI=1S/C31H27F3N/c1-16-6-7-21-20(11-16)13-24-25(21)15-28(31(32,33)34)29-22-8-9-35(5)30(27(22)14-26(24)29)23-12-17(2)10-18(3)19(23)4/h6-12,15H,13-14H2,1-5H3/q+1. The number of alkyl halides is 3. The van der Waals surface area contributed by atoms with Crippen LogP contribution in [-0.2, 0) is 26.1 Å². The molecule has 0 bridgehead atoms. The summed E-state index contributed by atoms with van der Waals surface area (Å²) in [4.78, 5) is 0. The molecule has 4 heteroatoms. The van der Waals surface area contributed by atoms with Crippen LogP contribution in [-0.4, -0.2) is 0 Å². The molecule has 0 amide bonds. The van der Waals surface area contributed by atoms with Crippen LogP contribution in [0.25, 0.3) is 33.5 Å². The first-order chi connectivity index (χ1) is 16.5. The molecule has 35 heavy (non-hydrogen) atoms. The van der Waals surface area contributed by atoms with Gasteiger partial charge in [-0.2, -0.15) is 13.2 Å². The van der Waals surface area contributed by atoms with Crippen LogP contribution < -0.4 is 4.57 Å². The van der Waals surface area contributed by atoms with Crippen molar-refractivity contribution in [3.05, 3.63) is 98.7 Å². The number of benzene rings is 3. The largest absolute Gasteiger partial charge is 0.417 e. The highest BCUT2D eigenvalue weighted by atomic mass is 19.4. The van der Waals surface area contributed by atoms with Crippen molar-refractivity contribution in [1.82, 2.24) is 0 Å². The lowest BCUT2D eigenvalue weighted by atomic mass is 9.91. The Balaban J connectivity index is 1.65. The van der Waals surface area contributed by atoms with Crippen LogP contribution in [0, 0.1) is 27.7 Å². The van der Waals surface area contributed by atoms with E-state index in [1.165, 1.54) is 17.2 Å². The van der Waals surface area contributed by atoms with Crippen LogP contribution in [0.5, 0.6) is 0 Å². The van der Waals surface area contributed by atoms with Crippen LogP contribution >= 0.6 is 0 Å². The number of nitrogens with zero attached hydrogens (tertiary/aromatic N) is 1. The van der Waals surface area contributed by atoms with Crippen molar-refractivity contribution in [1.29, 1.82) is 0 Å². The molecule has 0 saturated heterocycles. The Hall–Kier alpha value is -3.40. The van der Waals surface area contributed by atoms with Crippen molar-refractivity contribution in [2.75, 3.05) is 0 Å². The van der Waals surface area contributed by atoms with E-state index in [2.05, 4.69) is 43.5 Å². The third-order valence-corrected chi connectivity index (χ3v) is 7.89. The van der Waals surface area contributed by atoms with Gasteiger partial charge >= 0.3 is 6.18 Å². The highest BCUT2D eigenvalue weighted by molar-refractivity contribution is 5.91. The average molecular weight is 471 g/mol. The minimum Gasteiger partial charge on any atom is -0.201 e. The smallest absolute Gasteiger partial charge is 0.201 e. The number of hydrogen-bond acceptors (Lipinski definition) is 0. The predicted molar refractivity (Wildman–Crippen MR) is 133 cm³/mol. The molecule has 1 aromatic heterocycles. The molecular formula is C31H27F3N+. The lowest BCUT2D eigenvalue weighted by Crippen LogP contribution is -2.32. The Morgan fingerprint density at radius 3 is 2.23 bits per heavy atom. The fraction of sp³-hybridized carbons (Fsp3) is 0.258. The first-order valence-electron chi connectivity index (χ1n) is 12.0. The normalized spacial score (nSPS) is 13.5. The zero-order chi connectivity index (χ0) is 24.8. The Morgan fingerprint density at radius 1 is 0.714 bits per heavy atom. The molecule has 0 fully saturated rings. The van der Waals surface area contributed by atoms with E-state index in [9.17, 15) is 13.2 Å². The molecule has 0 spiro atoms. The highest BCUT2D eigenvalue weighted by Gasteiger charge is 2.42. The molecule has 0 saturated carbocycles. The van der Waals surface area contributed by atoms with Gasteiger partial charge in [0.05, 0.1) is 5.56 Å². The number of aryl methyl sites for hydroxylation is 4. The van der Waals surface area contributed by atoms with E-state index in [0.29, 0.717) is 24.0 Å². The molecule has 0 atom stereocenters. The summed E-state index contributed by atoms with van der Waals surface area (Å²) in [5.41, 5.74) is 13.0. The SMILES string of the molecule is Cc1ccc2c(c1)Cc1c-2cc(C(F)(F)F)c2c1Cc1c-2cc[n+](C)c1-c1cc(C)cc(C)c1C. The number of hydrogen-bond donors (Lipinski definition) is 0. The maximum atomic E-state index is 14.5. The summed E-state index contributed by atoms with van der Waals surface area (Å²) in [6.07, 6.45) is -1.32. The Bertz CT molecular complexity index is 1570. The van der Waals surface area contributed by atoms with Gasteiger partial charge in [0.15, 0.2) is 6.20 Å². The van der Waals surface area contributed by atoms with Gasteiger partial charge in [0.25, 0.3) is 0 Å². The van der Waals surface area contributed by atoms with E-state index in [-0.39, 0.29) is 0 Å². The van der Waals surface area contributed by atoms with Crippen LogP contribution in [0.3, 0.4) is 0 Å². The quantitative estimate of drug-likeness (QED) is 0.218. The fourth-order valence-electron chi connectivity index (χ4n) is 6.20. The first-order valence-corrected chi connectivity index (χ1v) is 12.0. The van der Waals surface area contributed by atoms with Crippen molar-refractivity contribution in [3.8, 4) is 33.5 Å². The summed E-state index contributed by atoms with van der Waals surface area (Å²) in [6, 6.07) is 13.7. The van der Waals surface area contributed by atoms with Gasteiger partial charge in [0.2, 0.25) is 5.69 Å². The number of rotatable bonds is 1. The summed E-state index contributed by atoms with van der Waals surface area (Å²) >= 11 is 0. The average Bonchev–Trinajstić information content (AvgIpc) is 3.33.